The minimum atomic E-state index is -1.41. The molecule has 4 heterocycles. The molecule has 1 spiro atoms. The lowest BCUT2D eigenvalue weighted by atomic mass is 9.76. The largest absolute Gasteiger partial charge is 0.454 e. The molecule has 3 N–H and O–H groups in total. The van der Waals surface area contributed by atoms with Crippen molar-refractivity contribution in [1.82, 2.24) is 10.2 Å². The molecule has 4 aliphatic heterocycles. The molecular weight excluding hydrogens is 438 g/mol. The van der Waals surface area contributed by atoms with Crippen molar-refractivity contribution in [3.63, 3.8) is 0 Å². The van der Waals surface area contributed by atoms with Gasteiger partial charge >= 0.3 is 0 Å². The number of anilines is 1. The minimum absolute atomic E-state index is 0.0490. The topological polar surface area (TPSA) is 117 Å². The van der Waals surface area contributed by atoms with E-state index in [1.165, 1.54) is 4.90 Å². The van der Waals surface area contributed by atoms with Gasteiger partial charge < -0.3 is 19.9 Å². The highest BCUT2D eigenvalue weighted by molar-refractivity contribution is 6.15. The maximum Gasteiger partial charge on any atom is 0.250 e. The first-order valence-electron chi connectivity index (χ1n) is 11.5. The average Bonchev–Trinajstić information content (AvgIpc) is 3.55. The molecule has 2 aromatic rings. The number of carbonyl (C=O) groups excluding carboxylic acids is 3. The Hall–Kier alpha value is -3.43. The number of hydrogen-bond donors (Lipinski definition) is 3. The number of aliphatic hydroxyl groups excluding tert-OH is 1. The molecule has 9 nitrogen and oxygen atoms in total. The Balaban J connectivity index is 1.43. The highest BCUT2D eigenvalue weighted by atomic mass is 16.7. The summed E-state index contributed by atoms with van der Waals surface area (Å²) >= 11 is 0. The van der Waals surface area contributed by atoms with Crippen LogP contribution in [0, 0.1) is 11.8 Å². The van der Waals surface area contributed by atoms with Crippen LogP contribution in [0.15, 0.2) is 36.4 Å². The number of likely N-dealkylation sites (tertiary alicyclic amines) is 1. The fraction of sp³-hybridized carbons (Fsp3) is 0.400. The van der Waals surface area contributed by atoms with Gasteiger partial charge in [0.1, 0.15) is 5.54 Å². The summed E-state index contributed by atoms with van der Waals surface area (Å²) in [6.07, 6.45) is -0.239. The number of fused-ring (bicyclic) bond motifs is 5. The second-order valence-corrected chi connectivity index (χ2v) is 9.32. The van der Waals surface area contributed by atoms with Crippen molar-refractivity contribution in [2.75, 3.05) is 12.1 Å². The lowest BCUT2D eigenvalue weighted by Crippen LogP contribution is -2.54. The van der Waals surface area contributed by atoms with Gasteiger partial charge in [0.25, 0.3) is 0 Å². The van der Waals surface area contributed by atoms with E-state index in [9.17, 15) is 19.5 Å². The molecule has 9 heteroatoms. The molecule has 176 valence electrons. The third-order valence-corrected chi connectivity index (χ3v) is 7.54. The predicted molar refractivity (Wildman–Crippen MR) is 120 cm³/mol. The zero-order valence-electron chi connectivity index (χ0n) is 18.8. The molecule has 0 bridgehead atoms. The van der Waals surface area contributed by atoms with Crippen molar-refractivity contribution in [2.24, 2.45) is 11.8 Å². The third kappa shape index (κ3) is 2.65. The van der Waals surface area contributed by atoms with Crippen molar-refractivity contribution in [3.05, 3.63) is 53.1 Å². The van der Waals surface area contributed by atoms with Crippen LogP contribution in [-0.2, 0) is 32.9 Å². The molecule has 2 fully saturated rings. The first-order chi connectivity index (χ1) is 16.4. The van der Waals surface area contributed by atoms with Crippen LogP contribution in [0.2, 0.25) is 0 Å². The molecule has 34 heavy (non-hydrogen) atoms. The third-order valence-electron chi connectivity index (χ3n) is 7.54. The van der Waals surface area contributed by atoms with Gasteiger partial charge in [-0.2, -0.15) is 0 Å². The van der Waals surface area contributed by atoms with E-state index in [1.54, 1.807) is 25.1 Å². The molecule has 0 radical (unpaired) electrons. The van der Waals surface area contributed by atoms with Crippen LogP contribution in [0.25, 0.3) is 0 Å². The Morgan fingerprint density at radius 1 is 1.15 bits per heavy atom. The van der Waals surface area contributed by atoms with Crippen molar-refractivity contribution < 1.29 is 29.0 Å². The van der Waals surface area contributed by atoms with Gasteiger partial charge in [-0.1, -0.05) is 31.2 Å². The fourth-order valence-electron chi connectivity index (χ4n) is 5.97. The van der Waals surface area contributed by atoms with E-state index in [2.05, 4.69) is 10.6 Å². The Kier molecular flexibility index (Phi) is 4.53. The van der Waals surface area contributed by atoms with Crippen LogP contribution in [0.3, 0.4) is 0 Å². The van der Waals surface area contributed by atoms with Crippen LogP contribution >= 0.6 is 0 Å². The number of nitrogens with zero attached hydrogens (tertiary/aromatic N) is 1. The molecule has 0 aromatic heterocycles. The Morgan fingerprint density at radius 3 is 2.71 bits per heavy atom. The highest BCUT2D eigenvalue weighted by Gasteiger charge is 2.71. The summed E-state index contributed by atoms with van der Waals surface area (Å²) in [7, 11) is 0. The lowest BCUT2D eigenvalue weighted by molar-refractivity contribution is -0.143. The summed E-state index contributed by atoms with van der Waals surface area (Å²) < 4.78 is 10.8. The number of rotatable bonds is 4. The number of hydrogen-bond acceptors (Lipinski definition) is 7. The second kappa shape index (κ2) is 7.28. The van der Waals surface area contributed by atoms with Crippen LogP contribution in [0.4, 0.5) is 5.69 Å². The fourth-order valence-corrected chi connectivity index (χ4v) is 5.97. The molecule has 6 rings (SSSR count). The molecular formula is C25H25N3O6. The molecule has 2 saturated heterocycles. The van der Waals surface area contributed by atoms with Crippen LogP contribution in [0.5, 0.6) is 11.5 Å². The highest BCUT2D eigenvalue weighted by Crippen LogP contribution is 2.54. The van der Waals surface area contributed by atoms with Crippen molar-refractivity contribution in [2.45, 2.75) is 44.5 Å². The molecule has 0 aliphatic carbocycles. The zero-order chi connectivity index (χ0) is 23.8. The van der Waals surface area contributed by atoms with Crippen molar-refractivity contribution in [1.29, 1.82) is 0 Å². The van der Waals surface area contributed by atoms with Gasteiger partial charge in [0, 0.05) is 17.3 Å². The second-order valence-electron chi connectivity index (χ2n) is 9.32. The molecule has 3 amide bonds. The number of ether oxygens (including phenoxy) is 2. The first-order valence-corrected chi connectivity index (χ1v) is 11.5. The number of aryl methyl sites for hydroxylation is 1. The number of amides is 3. The lowest BCUT2D eigenvalue weighted by Gasteiger charge is -2.30. The van der Waals surface area contributed by atoms with E-state index in [-0.39, 0.29) is 19.2 Å². The summed E-state index contributed by atoms with van der Waals surface area (Å²) in [6.45, 7) is 3.74. The monoisotopic (exact) mass is 463 g/mol. The maximum atomic E-state index is 13.8. The van der Waals surface area contributed by atoms with Gasteiger partial charge in [-0.3, -0.25) is 24.6 Å². The smallest absolute Gasteiger partial charge is 0.250 e. The van der Waals surface area contributed by atoms with E-state index in [0.717, 1.165) is 5.56 Å². The van der Waals surface area contributed by atoms with Gasteiger partial charge in [-0.15, -0.1) is 0 Å². The molecule has 0 saturated carbocycles. The summed E-state index contributed by atoms with van der Waals surface area (Å²) in [6, 6.07) is 10.2. The van der Waals surface area contributed by atoms with Gasteiger partial charge in [0.05, 0.1) is 24.5 Å². The molecule has 0 unspecified atom stereocenters. The predicted octanol–water partition coefficient (Wildman–Crippen LogP) is 1.28. The Labute approximate surface area is 196 Å². The normalized spacial score (nSPS) is 29.6. The summed E-state index contributed by atoms with van der Waals surface area (Å²) in [5, 5.41) is 16.7. The van der Waals surface area contributed by atoms with Gasteiger partial charge in [0.2, 0.25) is 24.5 Å². The van der Waals surface area contributed by atoms with E-state index < -0.39 is 41.3 Å². The average molecular weight is 463 g/mol. The number of para-hydroxylation sites is 1. The van der Waals surface area contributed by atoms with E-state index in [4.69, 9.17) is 9.47 Å². The van der Waals surface area contributed by atoms with Gasteiger partial charge in [-0.05, 0) is 36.6 Å². The maximum absolute atomic E-state index is 13.8. The van der Waals surface area contributed by atoms with Crippen LogP contribution in [-0.4, -0.2) is 46.7 Å². The summed E-state index contributed by atoms with van der Waals surface area (Å²) in [4.78, 5) is 42.1. The van der Waals surface area contributed by atoms with Crippen molar-refractivity contribution in [3.8, 4) is 11.5 Å². The molecule has 2 aromatic carbocycles. The quantitative estimate of drug-likeness (QED) is 0.585. The Bertz CT molecular complexity index is 1240. The van der Waals surface area contributed by atoms with E-state index in [1.807, 2.05) is 25.1 Å². The number of carbonyl (C=O) groups is 3. The summed E-state index contributed by atoms with van der Waals surface area (Å²) in [5.41, 5.74) is 1.59. The van der Waals surface area contributed by atoms with Gasteiger partial charge in [0.15, 0.2) is 11.5 Å². The first kappa shape index (κ1) is 21.1. The number of aliphatic hydroxyl groups is 1. The minimum Gasteiger partial charge on any atom is -0.454 e. The van der Waals surface area contributed by atoms with Crippen LogP contribution < -0.4 is 20.1 Å². The SMILES string of the molecule is CCc1cccc2c1NC(=O)[C@]21N[C@H]([C@@H](C)O)[C@H]2C(=O)N(Cc3ccc4c(c3)OCO4)C(=O)[C@@H]21. The molecule has 5 atom stereocenters. The van der Waals surface area contributed by atoms with E-state index in [0.29, 0.717) is 34.7 Å². The van der Waals surface area contributed by atoms with Crippen LogP contribution in [0.1, 0.15) is 30.5 Å². The number of benzene rings is 2. The van der Waals surface area contributed by atoms with Gasteiger partial charge in [-0.25, -0.2) is 0 Å². The Morgan fingerprint density at radius 2 is 1.94 bits per heavy atom. The molecule has 4 aliphatic rings. The number of imide groups is 1. The summed E-state index contributed by atoms with van der Waals surface area (Å²) in [5.74, 6) is -1.82. The van der Waals surface area contributed by atoms with E-state index >= 15 is 0 Å². The number of nitrogens with one attached hydrogen (secondary N) is 2. The zero-order valence-corrected chi connectivity index (χ0v) is 18.8. The van der Waals surface area contributed by atoms with Crippen molar-refractivity contribution >= 4 is 23.4 Å². The standard InChI is InChI=1S/C25H25N3O6/c1-3-14-5-4-6-15-21(14)26-24(32)25(15)19-18(20(27-25)12(2)29)22(30)28(23(19)31)10-13-7-8-16-17(9-13)34-11-33-16/h4-9,12,18-20,27,29H,3,10-11H2,1-2H3,(H,26,32)/t12-,18+,19-,20-,25+/m1/s1.